The van der Waals surface area contributed by atoms with Crippen molar-refractivity contribution < 1.29 is 14.3 Å². The van der Waals surface area contributed by atoms with E-state index in [0.29, 0.717) is 13.1 Å². The van der Waals surface area contributed by atoms with Gasteiger partial charge >= 0.3 is 6.09 Å². The molecule has 0 fully saturated rings. The van der Waals surface area contributed by atoms with Crippen LogP contribution in [0.4, 0.5) is 10.5 Å². The molecule has 130 valence electrons. The van der Waals surface area contributed by atoms with E-state index in [9.17, 15) is 9.59 Å². The first kappa shape index (κ1) is 17.0. The Hall–Kier alpha value is -2.82. The van der Waals surface area contributed by atoms with Crippen molar-refractivity contribution in [3.8, 4) is 0 Å². The Morgan fingerprint density at radius 2 is 1.84 bits per heavy atom. The number of benzene rings is 2. The van der Waals surface area contributed by atoms with Gasteiger partial charge in [-0.1, -0.05) is 48.5 Å². The van der Waals surface area contributed by atoms with Crippen molar-refractivity contribution in [2.24, 2.45) is 0 Å². The highest BCUT2D eigenvalue weighted by atomic mass is 16.5. The van der Waals surface area contributed by atoms with Crippen LogP contribution in [0.1, 0.15) is 30.4 Å². The summed E-state index contributed by atoms with van der Waals surface area (Å²) < 4.78 is 5.21. The van der Waals surface area contributed by atoms with Gasteiger partial charge in [-0.2, -0.15) is 0 Å². The molecule has 2 amide bonds. The number of nitrogens with one attached hydrogen (secondary N) is 1. The highest BCUT2D eigenvalue weighted by Crippen LogP contribution is 2.37. The summed E-state index contributed by atoms with van der Waals surface area (Å²) in [5.41, 5.74) is 3.10. The molecule has 2 aromatic carbocycles. The third kappa shape index (κ3) is 4.18. The normalized spacial score (nSPS) is 15.6. The van der Waals surface area contributed by atoms with E-state index in [-0.39, 0.29) is 18.4 Å². The van der Waals surface area contributed by atoms with Gasteiger partial charge in [-0.05, 0) is 23.6 Å². The predicted molar refractivity (Wildman–Crippen MR) is 96.5 cm³/mol. The fourth-order valence-electron chi connectivity index (χ4n) is 3.16. The first-order chi connectivity index (χ1) is 12.1. The van der Waals surface area contributed by atoms with Gasteiger partial charge in [0.2, 0.25) is 5.91 Å². The lowest BCUT2D eigenvalue weighted by Crippen LogP contribution is -2.29. The van der Waals surface area contributed by atoms with Crippen molar-refractivity contribution in [1.82, 2.24) is 5.32 Å². The van der Waals surface area contributed by atoms with E-state index >= 15 is 0 Å². The Labute approximate surface area is 147 Å². The highest BCUT2D eigenvalue weighted by molar-refractivity contribution is 5.94. The first-order valence-corrected chi connectivity index (χ1v) is 8.46. The molecular formula is C20H22N2O3. The highest BCUT2D eigenvalue weighted by Gasteiger charge is 2.30. The van der Waals surface area contributed by atoms with Gasteiger partial charge in [0.05, 0.1) is 0 Å². The van der Waals surface area contributed by atoms with Crippen molar-refractivity contribution in [3.05, 3.63) is 65.7 Å². The number of para-hydroxylation sites is 1. The van der Waals surface area contributed by atoms with Crippen LogP contribution in [0.25, 0.3) is 0 Å². The van der Waals surface area contributed by atoms with Gasteiger partial charge in [-0.15, -0.1) is 0 Å². The van der Waals surface area contributed by atoms with Crippen LogP contribution in [0, 0.1) is 0 Å². The average molecular weight is 338 g/mol. The SMILES string of the molecule is CC(=O)N1CC(CCNC(=O)OCc2ccccc2)c2ccccc21. The molecule has 0 saturated carbocycles. The number of alkyl carbamates (subject to hydrolysis) is 1. The Bertz CT molecular complexity index is 746. The first-order valence-electron chi connectivity index (χ1n) is 8.46. The molecular weight excluding hydrogens is 316 g/mol. The summed E-state index contributed by atoms with van der Waals surface area (Å²) in [5, 5.41) is 2.79. The minimum absolute atomic E-state index is 0.0465. The summed E-state index contributed by atoms with van der Waals surface area (Å²) >= 11 is 0. The molecule has 0 spiro atoms. The summed E-state index contributed by atoms with van der Waals surface area (Å²) in [6.07, 6.45) is 0.347. The van der Waals surface area contributed by atoms with Crippen LogP contribution in [0.3, 0.4) is 0 Å². The largest absolute Gasteiger partial charge is 0.445 e. The molecule has 25 heavy (non-hydrogen) atoms. The number of carbonyl (C=O) groups excluding carboxylic acids is 2. The Balaban J connectivity index is 1.48. The zero-order chi connectivity index (χ0) is 17.6. The number of rotatable bonds is 5. The Morgan fingerprint density at radius 1 is 1.12 bits per heavy atom. The molecule has 0 saturated heterocycles. The Kier molecular flexibility index (Phi) is 5.33. The fourth-order valence-corrected chi connectivity index (χ4v) is 3.16. The number of hydrogen-bond acceptors (Lipinski definition) is 3. The number of carbonyl (C=O) groups is 2. The van der Waals surface area contributed by atoms with Gasteiger partial charge in [0.25, 0.3) is 0 Å². The number of anilines is 1. The number of ether oxygens (including phenoxy) is 1. The van der Waals surface area contributed by atoms with Crippen LogP contribution >= 0.6 is 0 Å². The molecule has 1 unspecified atom stereocenters. The molecule has 5 nitrogen and oxygen atoms in total. The van der Waals surface area contributed by atoms with Crippen LogP contribution in [-0.4, -0.2) is 25.1 Å². The molecule has 1 heterocycles. The molecule has 0 aromatic heterocycles. The van der Waals surface area contributed by atoms with Gasteiger partial charge < -0.3 is 15.0 Å². The fraction of sp³-hybridized carbons (Fsp3) is 0.300. The molecule has 0 aliphatic carbocycles. The van der Waals surface area contributed by atoms with E-state index in [4.69, 9.17) is 4.74 Å². The quantitative estimate of drug-likeness (QED) is 0.908. The van der Waals surface area contributed by atoms with E-state index in [1.165, 1.54) is 0 Å². The summed E-state index contributed by atoms with van der Waals surface area (Å²) in [7, 11) is 0. The molecule has 1 atom stereocenters. The average Bonchev–Trinajstić information content (AvgIpc) is 3.00. The number of fused-ring (bicyclic) bond motifs is 1. The maximum Gasteiger partial charge on any atom is 0.407 e. The zero-order valence-corrected chi connectivity index (χ0v) is 14.3. The van der Waals surface area contributed by atoms with Crippen LogP contribution in [0.5, 0.6) is 0 Å². The van der Waals surface area contributed by atoms with E-state index in [0.717, 1.165) is 23.2 Å². The lowest BCUT2D eigenvalue weighted by molar-refractivity contribution is -0.116. The minimum Gasteiger partial charge on any atom is -0.445 e. The number of amides is 2. The van der Waals surface area contributed by atoms with Crippen molar-refractivity contribution in [1.29, 1.82) is 0 Å². The Morgan fingerprint density at radius 3 is 2.60 bits per heavy atom. The second-order valence-corrected chi connectivity index (χ2v) is 6.16. The second kappa shape index (κ2) is 7.83. The maximum absolute atomic E-state index is 11.8. The second-order valence-electron chi connectivity index (χ2n) is 6.16. The standard InChI is InChI=1S/C20H22N2O3/c1-15(23)22-13-17(18-9-5-6-10-19(18)22)11-12-21-20(24)25-14-16-7-3-2-4-8-16/h2-10,17H,11-14H2,1H3,(H,21,24). The van der Waals surface area contributed by atoms with Crippen molar-refractivity contribution in [2.75, 3.05) is 18.0 Å². The summed E-state index contributed by atoms with van der Waals surface area (Å²) in [6, 6.07) is 17.5. The van der Waals surface area contributed by atoms with Crippen LogP contribution in [0.15, 0.2) is 54.6 Å². The van der Waals surface area contributed by atoms with Gasteiger partial charge in [-0.25, -0.2) is 4.79 Å². The summed E-state index contributed by atoms with van der Waals surface area (Å²) in [6.45, 7) is 3.02. The van der Waals surface area contributed by atoms with Gasteiger partial charge in [0, 0.05) is 31.6 Å². The van der Waals surface area contributed by atoms with E-state index in [1.807, 2.05) is 48.5 Å². The lowest BCUT2D eigenvalue weighted by atomic mass is 9.98. The lowest BCUT2D eigenvalue weighted by Gasteiger charge is -2.15. The van der Waals surface area contributed by atoms with E-state index in [2.05, 4.69) is 11.4 Å². The predicted octanol–water partition coefficient (Wildman–Crippen LogP) is 3.45. The van der Waals surface area contributed by atoms with Crippen molar-refractivity contribution in [3.63, 3.8) is 0 Å². The molecule has 5 heteroatoms. The molecule has 1 N–H and O–H groups in total. The van der Waals surface area contributed by atoms with E-state index < -0.39 is 6.09 Å². The number of nitrogens with zero attached hydrogens (tertiary/aromatic N) is 1. The third-order valence-electron chi connectivity index (χ3n) is 4.43. The molecule has 1 aliphatic rings. The van der Waals surface area contributed by atoms with Crippen LogP contribution < -0.4 is 10.2 Å². The maximum atomic E-state index is 11.8. The topological polar surface area (TPSA) is 58.6 Å². The molecule has 0 bridgehead atoms. The minimum atomic E-state index is -0.418. The van der Waals surface area contributed by atoms with Gasteiger partial charge in [-0.3, -0.25) is 4.79 Å². The third-order valence-corrected chi connectivity index (χ3v) is 4.43. The monoisotopic (exact) mass is 338 g/mol. The van der Waals surface area contributed by atoms with Crippen LogP contribution in [0.2, 0.25) is 0 Å². The number of hydrogen-bond donors (Lipinski definition) is 1. The van der Waals surface area contributed by atoms with Crippen LogP contribution in [-0.2, 0) is 16.1 Å². The van der Waals surface area contributed by atoms with E-state index in [1.54, 1.807) is 11.8 Å². The molecule has 1 aliphatic heterocycles. The molecule has 2 aromatic rings. The van der Waals surface area contributed by atoms with Gasteiger partial charge in [0.1, 0.15) is 6.61 Å². The summed E-state index contributed by atoms with van der Waals surface area (Å²) in [4.78, 5) is 25.4. The molecule has 0 radical (unpaired) electrons. The van der Waals surface area contributed by atoms with Gasteiger partial charge in [0.15, 0.2) is 0 Å². The smallest absolute Gasteiger partial charge is 0.407 e. The summed E-state index contributed by atoms with van der Waals surface area (Å²) in [5.74, 6) is 0.278. The van der Waals surface area contributed by atoms with Crippen molar-refractivity contribution in [2.45, 2.75) is 25.9 Å². The molecule has 3 rings (SSSR count). The van der Waals surface area contributed by atoms with Crippen molar-refractivity contribution >= 4 is 17.7 Å². The zero-order valence-electron chi connectivity index (χ0n) is 14.3.